The Morgan fingerprint density at radius 2 is 1.90 bits per heavy atom. The number of hydrogen-bond donors (Lipinski definition) is 1. The van der Waals surface area contributed by atoms with Gasteiger partial charge in [0.05, 0.1) is 10.5 Å². The van der Waals surface area contributed by atoms with Crippen LogP contribution in [0.1, 0.15) is 44.9 Å². The molecule has 0 radical (unpaired) electrons. The summed E-state index contributed by atoms with van der Waals surface area (Å²) in [7, 11) is -1.27. The molecule has 0 aliphatic heterocycles. The van der Waals surface area contributed by atoms with Crippen LogP contribution in [0.15, 0.2) is 18.2 Å². The molecule has 1 unspecified atom stereocenters. The van der Waals surface area contributed by atoms with Crippen LogP contribution in [-0.2, 0) is 9.84 Å². The highest BCUT2D eigenvalue weighted by atomic mass is 32.2. The Morgan fingerprint density at radius 3 is 2.43 bits per heavy atom. The van der Waals surface area contributed by atoms with Gasteiger partial charge in [0.1, 0.15) is 12.4 Å². The Balaban J connectivity index is 2.83. The van der Waals surface area contributed by atoms with Gasteiger partial charge in [-0.25, -0.2) is 8.42 Å². The fourth-order valence-electron chi connectivity index (χ4n) is 1.85. The van der Waals surface area contributed by atoms with E-state index in [0.29, 0.717) is 0 Å². The minimum Gasteiger partial charge on any atom is -0.492 e. The number of ether oxygens (including phenoxy) is 1. The molecule has 21 heavy (non-hydrogen) atoms. The highest BCUT2D eigenvalue weighted by Crippen LogP contribution is 2.26. The van der Waals surface area contributed by atoms with Gasteiger partial charge >= 0.3 is 0 Å². The maximum Gasteiger partial charge on any atom is 0.158 e. The third-order valence-electron chi connectivity index (χ3n) is 3.61. The van der Waals surface area contributed by atoms with E-state index < -0.39 is 14.6 Å². The summed E-state index contributed by atoms with van der Waals surface area (Å²) in [6.07, 6.45) is 0. The van der Waals surface area contributed by atoms with Gasteiger partial charge in [-0.05, 0) is 53.3 Å². The van der Waals surface area contributed by atoms with Gasteiger partial charge in [-0.3, -0.25) is 0 Å². The van der Waals surface area contributed by atoms with E-state index in [1.54, 1.807) is 20.8 Å². The Morgan fingerprint density at radius 1 is 1.29 bits per heavy atom. The zero-order valence-corrected chi connectivity index (χ0v) is 14.7. The standard InChI is InChI=1S/C16H27NO3S/c1-12-7-8-14(13(2)17-6)15(11-12)20-9-10-21(18,19)16(3,4)5/h7-8,11,13,17H,9-10H2,1-6H3. The molecule has 120 valence electrons. The first kappa shape index (κ1) is 18.0. The molecule has 1 aromatic rings. The van der Waals surface area contributed by atoms with E-state index in [4.69, 9.17) is 4.74 Å². The first-order valence-corrected chi connectivity index (χ1v) is 8.86. The second-order valence-electron chi connectivity index (χ2n) is 6.33. The number of sulfone groups is 1. The molecule has 0 bridgehead atoms. The number of rotatable bonds is 6. The second kappa shape index (κ2) is 6.79. The summed E-state index contributed by atoms with van der Waals surface area (Å²) >= 11 is 0. The van der Waals surface area contributed by atoms with Gasteiger partial charge in [0.25, 0.3) is 0 Å². The molecule has 5 heteroatoms. The molecule has 0 saturated heterocycles. The van der Waals surface area contributed by atoms with Crippen LogP contribution in [0.25, 0.3) is 0 Å². The van der Waals surface area contributed by atoms with Crippen LogP contribution in [0.5, 0.6) is 5.75 Å². The lowest BCUT2D eigenvalue weighted by atomic mass is 10.1. The number of aryl methyl sites for hydroxylation is 1. The quantitative estimate of drug-likeness (QED) is 0.877. The van der Waals surface area contributed by atoms with Gasteiger partial charge in [0.15, 0.2) is 9.84 Å². The first-order chi connectivity index (χ1) is 9.58. The van der Waals surface area contributed by atoms with Crippen molar-refractivity contribution in [3.05, 3.63) is 29.3 Å². The molecule has 0 spiro atoms. The summed E-state index contributed by atoms with van der Waals surface area (Å²) in [6, 6.07) is 6.15. The van der Waals surface area contributed by atoms with Crippen molar-refractivity contribution in [2.45, 2.75) is 45.4 Å². The van der Waals surface area contributed by atoms with E-state index in [1.165, 1.54) is 0 Å². The smallest absolute Gasteiger partial charge is 0.158 e. The molecule has 0 fully saturated rings. The molecular weight excluding hydrogens is 286 g/mol. The van der Waals surface area contributed by atoms with Crippen molar-refractivity contribution in [3.63, 3.8) is 0 Å². The van der Waals surface area contributed by atoms with Crippen molar-refractivity contribution in [3.8, 4) is 5.75 Å². The number of benzene rings is 1. The third-order valence-corrected chi connectivity index (χ3v) is 6.18. The number of hydrogen-bond acceptors (Lipinski definition) is 4. The molecule has 1 atom stereocenters. The first-order valence-electron chi connectivity index (χ1n) is 7.21. The average Bonchev–Trinajstić information content (AvgIpc) is 2.36. The van der Waals surface area contributed by atoms with Crippen LogP contribution in [0.2, 0.25) is 0 Å². The molecule has 0 saturated carbocycles. The highest BCUT2D eigenvalue weighted by Gasteiger charge is 2.28. The molecule has 4 nitrogen and oxygen atoms in total. The van der Waals surface area contributed by atoms with Crippen LogP contribution in [0.3, 0.4) is 0 Å². The van der Waals surface area contributed by atoms with Crippen molar-refractivity contribution < 1.29 is 13.2 Å². The summed E-state index contributed by atoms with van der Waals surface area (Å²) in [5.74, 6) is 0.776. The largest absolute Gasteiger partial charge is 0.492 e. The van der Waals surface area contributed by atoms with Crippen molar-refractivity contribution in [2.24, 2.45) is 0 Å². The highest BCUT2D eigenvalue weighted by molar-refractivity contribution is 7.92. The average molecular weight is 313 g/mol. The predicted molar refractivity (Wildman–Crippen MR) is 87.7 cm³/mol. The molecular formula is C16H27NO3S. The van der Waals surface area contributed by atoms with Crippen molar-refractivity contribution in [1.29, 1.82) is 0 Å². The minimum atomic E-state index is -3.16. The van der Waals surface area contributed by atoms with Crippen molar-refractivity contribution in [2.75, 3.05) is 19.4 Å². The van der Waals surface area contributed by atoms with Gasteiger partial charge in [-0.1, -0.05) is 12.1 Å². The molecule has 0 aliphatic carbocycles. The summed E-state index contributed by atoms with van der Waals surface area (Å²) in [4.78, 5) is 0. The minimum absolute atomic E-state index is 0.0256. The molecule has 1 rings (SSSR count). The topological polar surface area (TPSA) is 55.4 Å². The lowest BCUT2D eigenvalue weighted by Gasteiger charge is -2.20. The van der Waals surface area contributed by atoms with Crippen LogP contribution in [0.4, 0.5) is 0 Å². The zero-order chi connectivity index (χ0) is 16.3. The summed E-state index contributed by atoms with van der Waals surface area (Å²) in [5, 5.41) is 3.17. The van der Waals surface area contributed by atoms with Crippen LogP contribution in [-0.4, -0.2) is 32.6 Å². The van der Waals surface area contributed by atoms with Gasteiger partial charge in [-0.15, -0.1) is 0 Å². The van der Waals surface area contributed by atoms with Gasteiger partial charge in [-0.2, -0.15) is 0 Å². The summed E-state index contributed by atoms with van der Waals surface area (Å²) in [5.41, 5.74) is 2.13. The van der Waals surface area contributed by atoms with Gasteiger partial charge in [0, 0.05) is 11.6 Å². The van der Waals surface area contributed by atoms with Gasteiger partial charge < -0.3 is 10.1 Å². The fraction of sp³-hybridized carbons (Fsp3) is 0.625. The van der Waals surface area contributed by atoms with E-state index in [1.807, 2.05) is 39.1 Å². The van der Waals surface area contributed by atoms with E-state index in [9.17, 15) is 8.42 Å². The number of nitrogens with one attached hydrogen (secondary N) is 1. The third kappa shape index (κ3) is 4.71. The molecule has 0 aromatic heterocycles. The van der Waals surface area contributed by atoms with E-state index in [-0.39, 0.29) is 18.4 Å². The normalized spacial score (nSPS) is 14.0. The molecule has 1 aromatic carbocycles. The maximum absolute atomic E-state index is 12.1. The lowest BCUT2D eigenvalue weighted by molar-refractivity contribution is 0.332. The SMILES string of the molecule is CNC(C)c1ccc(C)cc1OCCS(=O)(=O)C(C)(C)C. The maximum atomic E-state index is 12.1. The Bertz CT molecular complexity index is 574. The van der Waals surface area contributed by atoms with Crippen molar-refractivity contribution >= 4 is 9.84 Å². The van der Waals surface area contributed by atoms with Crippen LogP contribution in [0, 0.1) is 6.92 Å². The molecule has 0 heterocycles. The zero-order valence-electron chi connectivity index (χ0n) is 13.9. The Hall–Kier alpha value is -1.07. The summed E-state index contributed by atoms with van der Waals surface area (Å²) < 4.78 is 29.2. The Kier molecular flexibility index (Phi) is 5.82. The predicted octanol–water partition coefficient (Wildman–Crippen LogP) is 2.87. The lowest BCUT2D eigenvalue weighted by Crippen LogP contribution is -2.32. The monoisotopic (exact) mass is 313 g/mol. The molecule has 1 N–H and O–H groups in total. The van der Waals surface area contributed by atoms with E-state index in [2.05, 4.69) is 5.32 Å². The summed E-state index contributed by atoms with van der Waals surface area (Å²) in [6.45, 7) is 9.35. The van der Waals surface area contributed by atoms with E-state index in [0.717, 1.165) is 16.9 Å². The molecule has 0 amide bonds. The van der Waals surface area contributed by atoms with Gasteiger partial charge in [0.2, 0.25) is 0 Å². The molecule has 0 aliphatic rings. The second-order valence-corrected chi connectivity index (χ2v) is 9.19. The van der Waals surface area contributed by atoms with Crippen LogP contribution >= 0.6 is 0 Å². The Labute approximate surface area is 128 Å². The van der Waals surface area contributed by atoms with Crippen molar-refractivity contribution in [1.82, 2.24) is 5.32 Å². The van der Waals surface area contributed by atoms with Crippen LogP contribution < -0.4 is 10.1 Å². The fourth-order valence-corrected chi connectivity index (χ4v) is 2.76. The van der Waals surface area contributed by atoms with E-state index >= 15 is 0 Å².